The lowest BCUT2D eigenvalue weighted by Crippen LogP contribution is -2.34. The summed E-state index contributed by atoms with van der Waals surface area (Å²) >= 11 is 13.0. The number of likely N-dealkylation sites (tertiary alicyclic amines) is 1. The van der Waals surface area contributed by atoms with Crippen LogP contribution in [0, 0.1) is 13.8 Å². The first kappa shape index (κ1) is 22.7. The number of ketones is 1. The molecule has 0 radical (unpaired) electrons. The summed E-state index contributed by atoms with van der Waals surface area (Å²) in [7, 11) is 1.99. The van der Waals surface area contributed by atoms with E-state index in [0.29, 0.717) is 34.5 Å². The number of carbonyl (C=O) groups excluding carboxylic acids is 1. The monoisotopic (exact) mass is 487 g/mol. The fourth-order valence-corrected chi connectivity index (χ4v) is 4.73. The lowest BCUT2D eigenvalue weighted by Gasteiger charge is -2.26. The summed E-state index contributed by atoms with van der Waals surface area (Å²) in [6, 6.07) is 16.1. The van der Waals surface area contributed by atoms with E-state index in [1.807, 2.05) is 81.6 Å². The zero-order chi connectivity index (χ0) is 24.0. The van der Waals surface area contributed by atoms with Gasteiger partial charge in [-0.15, -0.1) is 0 Å². The number of likely N-dealkylation sites (N-methyl/N-ethyl adjacent to an activating group) is 1. The fourth-order valence-electron chi connectivity index (χ4n) is 4.33. The predicted octanol–water partition coefficient (Wildman–Crippen LogP) is 6.69. The van der Waals surface area contributed by atoms with E-state index in [1.165, 1.54) is 0 Å². The number of fused-ring (bicyclic) bond motifs is 2. The maximum atomic E-state index is 13.4. The molecule has 1 saturated heterocycles. The standard InChI is InChI=1S/C28H23Cl2N3O/c1-16-4-6-18-10-20(27(29)31-24(18)8-16)12-22-14-33(3)15-23(26(22)34)13-21-11-19-7-5-17(2)9-25(19)32-28(21)30/h4-13H,14-15H2,1-3H3/b22-12+,23-13+. The van der Waals surface area contributed by atoms with Crippen LogP contribution in [0.2, 0.25) is 10.3 Å². The topological polar surface area (TPSA) is 46.1 Å². The molecule has 1 fully saturated rings. The molecule has 0 amide bonds. The Morgan fingerprint density at radius 3 is 1.65 bits per heavy atom. The number of aryl methyl sites for hydroxylation is 2. The molecular weight excluding hydrogens is 465 g/mol. The SMILES string of the molecule is Cc1ccc2cc(/C=C3\CN(C)C/C(=C\c4cc5ccc(C)cc5nc4Cl)C3=O)c(Cl)nc2c1. The van der Waals surface area contributed by atoms with Crippen molar-refractivity contribution >= 4 is 62.9 Å². The van der Waals surface area contributed by atoms with Gasteiger partial charge in [-0.25, -0.2) is 9.97 Å². The third-order valence-corrected chi connectivity index (χ3v) is 6.64. The second-order valence-corrected chi connectivity index (χ2v) is 9.69. The highest BCUT2D eigenvalue weighted by Crippen LogP contribution is 2.28. The minimum absolute atomic E-state index is 0.0155. The van der Waals surface area contributed by atoms with Crippen molar-refractivity contribution in [2.45, 2.75) is 13.8 Å². The van der Waals surface area contributed by atoms with E-state index < -0.39 is 0 Å². The molecule has 0 aliphatic carbocycles. The van der Waals surface area contributed by atoms with Crippen LogP contribution in [0.25, 0.3) is 34.0 Å². The predicted molar refractivity (Wildman–Crippen MR) is 141 cm³/mol. The highest BCUT2D eigenvalue weighted by molar-refractivity contribution is 6.32. The van der Waals surface area contributed by atoms with Gasteiger partial charge in [-0.05, 0) is 68.4 Å². The molecule has 1 aliphatic heterocycles. The van der Waals surface area contributed by atoms with Gasteiger partial charge in [0.05, 0.1) is 11.0 Å². The van der Waals surface area contributed by atoms with Crippen LogP contribution in [0.4, 0.5) is 0 Å². The molecule has 6 heteroatoms. The molecule has 0 spiro atoms. The summed E-state index contributed by atoms with van der Waals surface area (Å²) in [6.07, 6.45) is 3.70. The quantitative estimate of drug-likeness (QED) is 0.233. The number of rotatable bonds is 2. The average molecular weight is 488 g/mol. The summed E-state index contributed by atoms with van der Waals surface area (Å²) in [6.45, 7) is 5.10. The van der Waals surface area contributed by atoms with Crippen molar-refractivity contribution in [3.05, 3.63) is 92.2 Å². The first-order valence-electron chi connectivity index (χ1n) is 11.0. The Balaban J connectivity index is 1.54. The zero-order valence-corrected chi connectivity index (χ0v) is 20.7. The van der Waals surface area contributed by atoms with Crippen LogP contribution in [0.5, 0.6) is 0 Å². The molecule has 4 aromatic rings. The smallest absolute Gasteiger partial charge is 0.187 e. The van der Waals surface area contributed by atoms with Crippen molar-refractivity contribution in [2.75, 3.05) is 20.1 Å². The van der Waals surface area contributed by atoms with E-state index in [4.69, 9.17) is 23.2 Å². The van der Waals surface area contributed by atoms with Crippen LogP contribution >= 0.6 is 23.2 Å². The van der Waals surface area contributed by atoms with Crippen molar-refractivity contribution < 1.29 is 4.79 Å². The average Bonchev–Trinajstić information content (AvgIpc) is 2.78. The summed E-state index contributed by atoms with van der Waals surface area (Å²) in [5, 5.41) is 2.74. The number of benzene rings is 2. The maximum Gasteiger partial charge on any atom is 0.187 e. The van der Waals surface area contributed by atoms with Crippen molar-refractivity contribution in [3.63, 3.8) is 0 Å². The molecule has 0 atom stereocenters. The minimum atomic E-state index is -0.0155. The molecule has 1 aliphatic rings. The summed E-state index contributed by atoms with van der Waals surface area (Å²) < 4.78 is 0. The Kier molecular flexibility index (Phi) is 5.98. The van der Waals surface area contributed by atoms with Crippen LogP contribution in [0.1, 0.15) is 22.3 Å². The Hall–Kier alpha value is -3.05. The van der Waals surface area contributed by atoms with E-state index >= 15 is 0 Å². The summed E-state index contributed by atoms with van der Waals surface area (Å²) in [5.74, 6) is -0.0155. The van der Waals surface area contributed by atoms with Crippen LogP contribution < -0.4 is 0 Å². The number of carbonyl (C=O) groups is 1. The van der Waals surface area contributed by atoms with Crippen molar-refractivity contribution in [1.82, 2.24) is 14.9 Å². The maximum absolute atomic E-state index is 13.4. The molecule has 2 aromatic heterocycles. The van der Waals surface area contributed by atoms with Crippen molar-refractivity contribution in [3.8, 4) is 0 Å². The van der Waals surface area contributed by atoms with E-state index in [0.717, 1.165) is 44.1 Å². The zero-order valence-electron chi connectivity index (χ0n) is 19.2. The fraction of sp³-hybridized carbons (Fsp3) is 0.179. The van der Waals surface area contributed by atoms with Crippen molar-refractivity contribution in [2.24, 2.45) is 0 Å². The summed E-state index contributed by atoms with van der Waals surface area (Å²) in [5.41, 5.74) is 6.72. The molecule has 3 heterocycles. The van der Waals surface area contributed by atoms with Gasteiger partial charge in [0, 0.05) is 46.1 Å². The number of halogens is 2. The first-order chi connectivity index (χ1) is 16.3. The second-order valence-electron chi connectivity index (χ2n) is 8.97. The largest absolute Gasteiger partial charge is 0.298 e. The number of piperidine rings is 1. The lowest BCUT2D eigenvalue weighted by molar-refractivity contribution is -0.113. The highest BCUT2D eigenvalue weighted by Gasteiger charge is 2.25. The molecule has 0 saturated carbocycles. The van der Waals surface area contributed by atoms with Gasteiger partial charge in [0.2, 0.25) is 0 Å². The van der Waals surface area contributed by atoms with Gasteiger partial charge in [0.1, 0.15) is 10.3 Å². The van der Waals surface area contributed by atoms with Gasteiger partial charge >= 0.3 is 0 Å². The number of hydrogen-bond acceptors (Lipinski definition) is 4. The number of hydrogen-bond donors (Lipinski definition) is 0. The highest BCUT2D eigenvalue weighted by atomic mass is 35.5. The van der Waals surface area contributed by atoms with E-state index in [1.54, 1.807) is 0 Å². The lowest BCUT2D eigenvalue weighted by atomic mass is 9.94. The first-order valence-corrected chi connectivity index (χ1v) is 11.8. The van der Waals surface area contributed by atoms with Gasteiger partial charge in [-0.3, -0.25) is 9.69 Å². The Morgan fingerprint density at radius 1 is 0.765 bits per heavy atom. The number of Topliss-reactive ketones (excluding diaryl/α,β-unsaturated/α-hetero) is 1. The van der Waals surface area contributed by atoms with Gasteiger partial charge in [0.25, 0.3) is 0 Å². The molecule has 0 unspecified atom stereocenters. The Morgan fingerprint density at radius 2 is 1.21 bits per heavy atom. The molecular formula is C28H23Cl2N3O. The van der Waals surface area contributed by atoms with E-state index in [-0.39, 0.29) is 5.78 Å². The molecule has 2 aromatic carbocycles. The molecule has 0 bridgehead atoms. The second kappa shape index (κ2) is 8.95. The van der Waals surface area contributed by atoms with Gasteiger partial charge < -0.3 is 0 Å². The Labute approximate surface area is 208 Å². The van der Waals surface area contributed by atoms with Gasteiger partial charge in [-0.1, -0.05) is 47.5 Å². The molecule has 34 heavy (non-hydrogen) atoms. The third-order valence-electron chi connectivity index (χ3n) is 6.03. The summed E-state index contributed by atoms with van der Waals surface area (Å²) in [4.78, 5) is 24.6. The number of pyridine rings is 2. The molecule has 170 valence electrons. The molecule has 4 nitrogen and oxygen atoms in total. The van der Waals surface area contributed by atoms with Gasteiger partial charge in [-0.2, -0.15) is 0 Å². The minimum Gasteiger partial charge on any atom is -0.298 e. The molecule has 0 N–H and O–H groups in total. The van der Waals surface area contributed by atoms with Crippen molar-refractivity contribution in [1.29, 1.82) is 0 Å². The van der Waals surface area contributed by atoms with Gasteiger partial charge in [0.15, 0.2) is 5.78 Å². The normalized spacial score (nSPS) is 17.4. The van der Waals surface area contributed by atoms with Crippen LogP contribution in [0.15, 0.2) is 59.7 Å². The van der Waals surface area contributed by atoms with Crippen LogP contribution in [-0.4, -0.2) is 40.8 Å². The van der Waals surface area contributed by atoms with Crippen LogP contribution in [0.3, 0.4) is 0 Å². The van der Waals surface area contributed by atoms with E-state index in [2.05, 4.69) is 14.9 Å². The molecule has 5 rings (SSSR count). The number of nitrogens with zero attached hydrogens (tertiary/aromatic N) is 3. The Bertz CT molecular complexity index is 1430. The number of aromatic nitrogens is 2. The van der Waals surface area contributed by atoms with E-state index in [9.17, 15) is 4.79 Å². The van der Waals surface area contributed by atoms with Crippen LogP contribution in [-0.2, 0) is 4.79 Å². The third kappa shape index (κ3) is 4.49.